The van der Waals surface area contributed by atoms with Crippen LogP contribution < -0.4 is 5.32 Å². The standard InChI is InChI=1S/C15H26N2O3/c1-11-5-3-6-12(2)17(11)14(20)16-10-15(7-4-8-15)9-13(18)19/h11-12H,3-10H2,1-2H3,(H,16,20)(H,18,19). The number of hydrogen-bond donors (Lipinski definition) is 2. The number of piperidine rings is 1. The van der Waals surface area contributed by atoms with Crippen LogP contribution in [0.2, 0.25) is 0 Å². The van der Waals surface area contributed by atoms with Gasteiger partial charge in [-0.1, -0.05) is 6.42 Å². The Bertz CT molecular complexity index is 369. The van der Waals surface area contributed by atoms with E-state index < -0.39 is 5.97 Å². The summed E-state index contributed by atoms with van der Waals surface area (Å²) in [7, 11) is 0. The van der Waals surface area contributed by atoms with Crippen molar-refractivity contribution in [1.29, 1.82) is 0 Å². The lowest BCUT2D eigenvalue weighted by Gasteiger charge is -2.43. The lowest BCUT2D eigenvalue weighted by atomic mass is 9.66. The van der Waals surface area contributed by atoms with Crippen LogP contribution in [0.1, 0.15) is 58.8 Å². The van der Waals surface area contributed by atoms with Gasteiger partial charge in [0.2, 0.25) is 0 Å². The third-order valence-electron chi connectivity index (χ3n) is 4.98. The van der Waals surface area contributed by atoms with Gasteiger partial charge >= 0.3 is 12.0 Å². The first-order valence-corrected chi connectivity index (χ1v) is 7.71. The number of carbonyl (C=O) groups excluding carboxylic acids is 1. The van der Waals surface area contributed by atoms with Crippen LogP contribution in [0.4, 0.5) is 4.79 Å². The Morgan fingerprint density at radius 2 is 1.80 bits per heavy atom. The number of nitrogens with one attached hydrogen (secondary N) is 1. The number of amides is 2. The molecule has 5 heteroatoms. The van der Waals surface area contributed by atoms with E-state index in [1.807, 2.05) is 4.90 Å². The molecule has 2 rings (SSSR count). The fourth-order valence-corrected chi connectivity index (χ4v) is 3.59. The van der Waals surface area contributed by atoms with Crippen molar-refractivity contribution in [3.63, 3.8) is 0 Å². The molecule has 0 radical (unpaired) electrons. The van der Waals surface area contributed by atoms with Crippen molar-refractivity contribution in [2.24, 2.45) is 5.41 Å². The van der Waals surface area contributed by atoms with Crippen molar-refractivity contribution in [2.75, 3.05) is 6.54 Å². The van der Waals surface area contributed by atoms with Crippen LogP contribution >= 0.6 is 0 Å². The fourth-order valence-electron chi connectivity index (χ4n) is 3.59. The molecule has 2 fully saturated rings. The molecule has 0 spiro atoms. The van der Waals surface area contributed by atoms with E-state index in [1.165, 1.54) is 6.42 Å². The molecule has 2 N–H and O–H groups in total. The number of hydrogen-bond acceptors (Lipinski definition) is 2. The largest absolute Gasteiger partial charge is 0.481 e. The van der Waals surface area contributed by atoms with Crippen LogP contribution in [0.3, 0.4) is 0 Å². The van der Waals surface area contributed by atoms with E-state index in [0.29, 0.717) is 6.54 Å². The van der Waals surface area contributed by atoms with Crippen molar-refractivity contribution < 1.29 is 14.7 Å². The van der Waals surface area contributed by atoms with Crippen LogP contribution in [0.25, 0.3) is 0 Å². The van der Waals surface area contributed by atoms with E-state index in [0.717, 1.165) is 32.1 Å². The Balaban J connectivity index is 1.89. The number of carbonyl (C=O) groups is 2. The molecule has 2 amide bonds. The van der Waals surface area contributed by atoms with Crippen LogP contribution in [0, 0.1) is 5.41 Å². The van der Waals surface area contributed by atoms with Crippen molar-refractivity contribution in [1.82, 2.24) is 10.2 Å². The lowest BCUT2D eigenvalue weighted by molar-refractivity contribution is -0.141. The predicted octanol–water partition coefficient (Wildman–Crippen LogP) is 2.60. The molecule has 0 aromatic heterocycles. The monoisotopic (exact) mass is 282 g/mol. The molecule has 1 heterocycles. The fraction of sp³-hybridized carbons (Fsp3) is 0.867. The highest BCUT2D eigenvalue weighted by atomic mass is 16.4. The van der Waals surface area contributed by atoms with E-state index >= 15 is 0 Å². The first-order valence-electron chi connectivity index (χ1n) is 7.71. The SMILES string of the molecule is CC1CCCC(C)N1C(=O)NCC1(CC(=O)O)CCC1. The Morgan fingerprint density at radius 1 is 1.20 bits per heavy atom. The summed E-state index contributed by atoms with van der Waals surface area (Å²) in [5.41, 5.74) is -0.205. The van der Waals surface area contributed by atoms with Crippen molar-refractivity contribution in [3.05, 3.63) is 0 Å². The van der Waals surface area contributed by atoms with Crippen LogP contribution in [0.15, 0.2) is 0 Å². The number of aliphatic carboxylic acids is 1. The quantitative estimate of drug-likeness (QED) is 0.832. The molecule has 0 bridgehead atoms. The molecule has 114 valence electrons. The molecule has 2 atom stereocenters. The summed E-state index contributed by atoms with van der Waals surface area (Å²) >= 11 is 0. The van der Waals surface area contributed by atoms with Gasteiger partial charge in [-0.25, -0.2) is 4.79 Å². The number of urea groups is 1. The van der Waals surface area contributed by atoms with Crippen molar-refractivity contribution >= 4 is 12.0 Å². The zero-order chi connectivity index (χ0) is 14.8. The van der Waals surface area contributed by atoms with Gasteiger partial charge in [0.1, 0.15) is 0 Å². The highest BCUT2D eigenvalue weighted by molar-refractivity contribution is 5.75. The summed E-state index contributed by atoms with van der Waals surface area (Å²) in [5, 5.41) is 12.0. The zero-order valence-electron chi connectivity index (χ0n) is 12.5. The number of likely N-dealkylation sites (tertiary alicyclic amines) is 1. The molecule has 1 saturated carbocycles. The van der Waals surface area contributed by atoms with Gasteiger partial charge in [0.05, 0.1) is 6.42 Å². The number of carboxylic acids is 1. The maximum Gasteiger partial charge on any atom is 0.317 e. The topological polar surface area (TPSA) is 69.6 Å². The highest BCUT2D eigenvalue weighted by Crippen LogP contribution is 2.43. The first kappa shape index (κ1) is 15.1. The van der Waals surface area contributed by atoms with Gasteiger partial charge in [0, 0.05) is 18.6 Å². The predicted molar refractivity (Wildman–Crippen MR) is 76.5 cm³/mol. The van der Waals surface area contributed by atoms with Gasteiger partial charge in [-0.05, 0) is 51.4 Å². The minimum atomic E-state index is -0.765. The third kappa shape index (κ3) is 3.25. The second kappa shape index (κ2) is 6.02. The second-order valence-corrected chi connectivity index (χ2v) is 6.62. The summed E-state index contributed by atoms with van der Waals surface area (Å²) in [6.45, 7) is 4.67. The normalized spacial score (nSPS) is 28.6. The average Bonchev–Trinajstić information content (AvgIpc) is 2.31. The second-order valence-electron chi connectivity index (χ2n) is 6.62. The number of carboxylic acid groups (broad SMARTS) is 1. The Morgan fingerprint density at radius 3 is 2.25 bits per heavy atom. The summed E-state index contributed by atoms with van der Waals surface area (Å²) in [6, 6.07) is 0.521. The minimum Gasteiger partial charge on any atom is -0.481 e. The van der Waals surface area contributed by atoms with Crippen LogP contribution in [-0.4, -0.2) is 40.6 Å². The van der Waals surface area contributed by atoms with Crippen LogP contribution in [0.5, 0.6) is 0 Å². The number of rotatable bonds is 4. The van der Waals surface area contributed by atoms with Gasteiger partial charge in [0.15, 0.2) is 0 Å². The van der Waals surface area contributed by atoms with Crippen LogP contribution in [-0.2, 0) is 4.79 Å². The van der Waals surface area contributed by atoms with Gasteiger partial charge in [-0.2, -0.15) is 0 Å². The molecular formula is C15H26N2O3. The Hall–Kier alpha value is -1.26. The molecule has 0 aromatic rings. The van der Waals surface area contributed by atoms with Gasteiger partial charge in [-0.15, -0.1) is 0 Å². The smallest absolute Gasteiger partial charge is 0.317 e. The number of nitrogens with zero attached hydrogens (tertiary/aromatic N) is 1. The van der Waals surface area contributed by atoms with Crippen molar-refractivity contribution in [2.45, 2.75) is 70.9 Å². The molecule has 1 aliphatic carbocycles. The van der Waals surface area contributed by atoms with Gasteiger partial charge < -0.3 is 15.3 Å². The van der Waals surface area contributed by atoms with E-state index in [1.54, 1.807) is 0 Å². The van der Waals surface area contributed by atoms with E-state index in [4.69, 9.17) is 5.11 Å². The van der Waals surface area contributed by atoms with E-state index in [-0.39, 0.29) is 30.0 Å². The van der Waals surface area contributed by atoms with E-state index in [9.17, 15) is 9.59 Å². The summed E-state index contributed by atoms with van der Waals surface area (Å²) in [4.78, 5) is 25.2. The summed E-state index contributed by atoms with van der Waals surface area (Å²) < 4.78 is 0. The summed E-state index contributed by atoms with van der Waals surface area (Å²) in [5.74, 6) is -0.765. The van der Waals surface area contributed by atoms with E-state index in [2.05, 4.69) is 19.2 Å². The molecule has 1 aliphatic heterocycles. The maximum absolute atomic E-state index is 12.4. The summed E-state index contributed by atoms with van der Waals surface area (Å²) in [6.07, 6.45) is 6.33. The maximum atomic E-state index is 12.4. The molecule has 1 saturated heterocycles. The average molecular weight is 282 g/mol. The molecular weight excluding hydrogens is 256 g/mol. The molecule has 0 aromatic carbocycles. The molecule has 2 aliphatic rings. The van der Waals surface area contributed by atoms with Gasteiger partial charge in [-0.3, -0.25) is 4.79 Å². The molecule has 2 unspecified atom stereocenters. The molecule has 5 nitrogen and oxygen atoms in total. The minimum absolute atomic E-state index is 0.0265. The van der Waals surface area contributed by atoms with Gasteiger partial charge in [0.25, 0.3) is 0 Å². The molecule has 20 heavy (non-hydrogen) atoms. The Labute approximate surface area is 120 Å². The highest BCUT2D eigenvalue weighted by Gasteiger charge is 2.40. The first-order chi connectivity index (χ1) is 9.43. The Kier molecular flexibility index (Phi) is 4.55. The zero-order valence-corrected chi connectivity index (χ0v) is 12.5. The van der Waals surface area contributed by atoms with Crippen molar-refractivity contribution in [3.8, 4) is 0 Å². The lowest BCUT2D eigenvalue weighted by Crippen LogP contribution is -2.54. The third-order valence-corrected chi connectivity index (χ3v) is 4.98.